The van der Waals surface area contributed by atoms with Crippen molar-refractivity contribution in [3.05, 3.63) is 29.8 Å². The molecule has 1 radical (unpaired) electrons. The van der Waals surface area contributed by atoms with Crippen molar-refractivity contribution in [2.45, 2.75) is 6.32 Å². The molecule has 0 saturated heterocycles. The van der Waals surface area contributed by atoms with Gasteiger partial charge < -0.3 is 16.1 Å². The quantitative estimate of drug-likeness (QED) is 0.291. The van der Waals surface area contributed by atoms with Crippen LogP contribution in [0.2, 0.25) is 0 Å². The molecule has 1 aromatic rings. The standard InChI is InChI=1S/C8H12BN2O/c10-6-12-9-5-7-2-1-3-8(11)4-7/h1-4H,5-6,10-11H2. The predicted octanol–water partition coefficient (Wildman–Crippen LogP) is 0.321. The van der Waals surface area contributed by atoms with E-state index in [0.717, 1.165) is 17.6 Å². The Kier molecular flexibility index (Phi) is 3.64. The minimum Gasteiger partial charge on any atom is -0.428 e. The van der Waals surface area contributed by atoms with Crippen LogP contribution in [-0.4, -0.2) is 14.2 Å². The Hall–Kier alpha value is -0.995. The predicted molar refractivity (Wildman–Crippen MR) is 50.5 cm³/mol. The Morgan fingerprint density at radius 2 is 2.25 bits per heavy atom. The summed E-state index contributed by atoms with van der Waals surface area (Å²) in [4.78, 5) is 0. The van der Waals surface area contributed by atoms with Gasteiger partial charge in [0.05, 0.1) is 6.73 Å². The van der Waals surface area contributed by atoms with E-state index in [1.807, 2.05) is 24.3 Å². The summed E-state index contributed by atoms with van der Waals surface area (Å²) in [6, 6.07) is 7.68. The highest BCUT2D eigenvalue weighted by Gasteiger charge is 1.95. The van der Waals surface area contributed by atoms with E-state index in [9.17, 15) is 0 Å². The summed E-state index contributed by atoms with van der Waals surface area (Å²) >= 11 is 0. The maximum absolute atomic E-state index is 5.58. The van der Waals surface area contributed by atoms with Gasteiger partial charge in [0.15, 0.2) is 0 Å². The average Bonchev–Trinajstić information content (AvgIpc) is 2.05. The molecule has 12 heavy (non-hydrogen) atoms. The number of rotatable bonds is 4. The molecule has 0 aliphatic heterocycles. The first-order valence-electron chi connectivity index (χ1n) is 3.80. The van der Waals surface area contributed by atoms with Crippen LogP contribution in [0.1, 0.15) is 5.56 Å². The second-order valence-corrected chi connectivity index (χ2v) is 2.45. The van der Waals surface area contributed by atoms with Crippen LogP contribution in [0, 0.1) is 0 Å². The largest absolute Gasteiger partial charge is 0.428 e. The monoisotopic (exact) mass is 163 g/mol. The highest BCUT2D eigenvalue weighted by Crippen LogP contribution is 2.06. The van der Waals surface area contributed by atoms with Crippen molar-refractivity contribution in [2.24, 2.45) is 5.73 Å². The van der Waals surface area contributed by atoms with Gasteiger partial charge in [0.2, 0.25) is 0 Å². The molecule has 0 aliphatic carbocycles. The maximum Gasteiger partial charge on any atom is 0.298 e. The van der Waals surface area contributed by atoms with Crippen LogP contribution in [-0.2, 0) is 11.0 Å². The summed E-state index contributed by atoms with van der Waals surface area (Å²) in [5.74, 6) is 0. The van der Waals surface area contributed by atoms with Gasteiger partial charge >= 0.3 is 0 Å². The van der Waals surface area contributed by atoms with Crippen molar-refractivity contribution in [3.63, 3.8) is 0 Å². The zero-order valence-corrected chi connectivity index (χ0v) is 6.86. The first kappa shape index (κ1) is 9.10. The fourth-order valence-electron chi connectivity index (χ4n) is 0.943. The lowest BCUT2D eigenvalue weighted by molar-refractivity contribution is 0.348. The summed E-state index contributed by atoms with van der Waals surface area (Å²) in [6.07, 6.45) is 0.738. The molecule has 3 nitrogen and oxygen atoms in total. The van der Waals surface area contributed by atoms with Gasteiger partial charge in [-0.3, -0.25) is 0 Å². The van der Waals surface area contributed by atoms with Crippen molar-refractivity contribution >= 4 is 13.2 Å². The van der Waals surface area contributed by atoms with Crippen LogP contribution >= 0.6 is 0 Å². The van der Waals surface area contributed by atoms with Crippen LogP contribution in [0.5, 0.6) is 0 Å². The van der Waals surface area contributed by atoms with E-state index in [1.165, 1.54) is 0 Å². The van der Waals surface area contributed by atoms with Crippen LogP contribution in [0.25, 0.3) is 0 Å². The van der Waals surface area contributed by atoms with E-state index in [-0.39, 0.29) is 6.73 Å². The lowest BCUT2D eigenvalue weighted by Gasteiger charge is -2.00. The molecule has 0 atom stereocenters. The van der Waals surface area contributed by atoms with Gasteiger partial charge in [-0.05, 0) is 18.5 Å². The number of nitrogens with two attached hydrogens (primary N) is 2. The fourth-order valence-corrected chi connectivity index (χ4v) is 0.943. The first-order valence-corrected chi connectivity index (χ1v) is 3.80. The Morgan fingerprint density at radius 3 is 2.92 bits per heavy atom. The molecule has 0 aliphatic rings. The molecular weight excluding hydrogens is 151 g/mol. The molecule has 63 valence electrons. The van der Waals surface area contributed by atoms with Gasteiger partial charge in [-0.25, -0.2) is 0 Å². The van der Waals surface area contributed by atoms with Crippen LogP contribution in [0.3, 0.4) is 0 Å². The van der Waals surface area contributed by atoms with Gasteiger partial charge in [0.1, 0.15) is 0 Å². The molecule has 0 bridgehead atoms. The van der Waals surface area contributed by atoms with E-state index < -0.39 is 0 Å². The van der Waals surface area contributed by atoms with E-state index in [2.05, 4.69) is 0 Å². The summed E-state index contributed by atoms with van der Waals surface area (Å²) in [5.41, 5.74) is 12.6. The molecule has 1 rings (SSSR count). The van der Waals surface area contributed by atoms with E-state index in [4.69, 9.17) is 16.1 Å². The highest BCUT2D eigenvalue weighted by atomic mass is 16.4. The molecular formula is C8H12BN2O. The van der Waals surface area contributed by atoms with E-state index in [0.29, 0.717) is 0 Å². The van der Waals surface area contributed by atoms with Crippen LogP contribution in [0.15, 0.2) is 24.3 Å². The molecule has 4 N–H and O–H groups in total. The Labute approximate surface area is 73.0 Å². The van der Waals surface area contributed by atoms with Crippen molar-refractivity contribution < 1.29 is 4.65 Å². The summed E-state index contributed by atoms with van der Waals surface area (Å²) < 4.78 is 4.89. The zero-order chi connectivity index (χ0) is 8.81. The minimum atomic E-state index is 0.225. The molecule has 1 aromatic carbocycles. The Balaban J connectivity index is 2.41. The zero-order valence-electron chi connectivity index (χ0n) is 6.86. The fraction of sp³-hybridized carbons (Fsp3) is 0.250. The lowest BCUT2D eigenvalue weighted by Crippen LogP contribution is -2.10. The summed E-state index contributed by atoms with van der Waals surface area (Å²) in [6.45, 7) is 0.225. The third-order valence-corrected chi connectivity index (χ3v) is 1.48. The molecule has 0 saturated carbocycles. The third kappa shape index (κ3) is 2.94. The number of nitrogen functional groups attached to an aromatic ring is 1. The lowest BCUT2D eigenvalue weighted by atomic mass is 9.89. The van der Waals surface area contributed by atoms with Gasteiger partial charge in [-0.1, -0.05) is 17.7 Å². The topological polar surface area (TPSA) is 61.3 Å². The summed E-state index contributed by atoms with van der Waals surface area (Å²) in [5, 5.41) is 0. The van der Waals surface area contributed by atoms with Gasteiger partial charge in [0.25, 0.3) is 7.48 Å². The average molecular weight is 163 g/mol. The van der Waals surface area contributed by atoms with Gasteiger partial charge in [0, 0.05) is 5.69 Å². The molecule has 0 unspecified atom stereocenters. The van der Waals surface area contributed by atoms with E-state index >= 15 is 0 Å². The number of hydrogen-bond acceptors (Lipinski definition) is 3. The molecule has 0 spiro atoms. The molecule has 0 aromatic heterocycles. The van der Waals surface area contributed by atoms with Crippen LogP contribution in [0.4, 0.5) is 5.69 Å². The molecule has 0 heterocycles. The Morgan fingerprint density at radius 1 is 1.42 bits per heavy atom. The van der Waals surface area contributed by atoms with Crippen molar-refractivity contribution in [1.29, 1.82) is 0 Å². The van der Waals surface area contributed by atoms with Crippen molar-refractivity contribution in [1.82, 2.24) is 0 Å². The van der Waals surface area contributed by atoms with Crippen molar-refractivity contribution in [3.8, 4) is 0 Å². The number of hydrogen-bond donors (Lipinski definition) is 2. The molecule has 0 amide bonds. The van der Waals surface area contributed by atoms with Crippen molar-refractivity contribution in [2.75, 3.05) is 12.5 Å². The normalized spacial score (nSPS) is 9.75. The van der Waals surface area contributed by atoms with Gasteiger partial charge in [-0.2, -0.15) is 0 Å². The second kappa shape index (κ2) is 4.80. The molecule has 4 heteroatoms. The second-order valence-electron chi connectivity index (χ2n) is 2.45. The minimum absolute atomic E-state index is 0.225. The summed E-state index contributed by atoms with van der Waals surface area (Å²) in [7, 11) is 1.68. The Bertz CT molecular complexity index is 242. The van der Waals surface area contributed by atoms with E-state index in [1.54, 1.807) is 7.48 Å². The maximum atomic E-state index is 5.58. The third-order valence-electron chi connectivity index (χ3n) is 1.48. The SMILES string of the molecule is NCO[B]Cc1cccc(N)c1. The smallest absolute Gasteiger partial charge is 0.298 e. The number of benzene rings is 1. The molecule has 0 fully saturated rings. The first-order chi connectivity index (χ1) is 5.83. The van der Waals surface area contributed by atoms with Crippen LogP contribution < -0.4 is 11.5 Å². The van der Waals surface area contributed by atoms with Gasteiger partial charge in [-0.15, -0.1) is 0 Å². The highest BCUT2D eigenvalue weighted by molar-refractivity contribution is 6.26. The number of anilines is 1.